The number of carbonyl (C=O) groups is 2. The number of carboxylic acids is 1. The maximum atomic E-state index is 11.8. The van der Waals surface area contributed by atoms with Crippen LogP contribution in [0, 0.1) is 0 Å². The highest BCUT2D eigenvalue weighted by molar-refractivity contribution is 5.89. The van der Waals surface area contributed by atoms with E-state index in [1.54, 1.807) is 13.0 Å². The minimum Gasteiger partial charge on any atom is -0.478 e. The third kappa shape index (κ3) is 5.41. The molecule has 0 aliphatic carbocycles. The van der Waals surface area contributed by atoms with E-state index in [4.69, 9.17) is 5.11 Å². The summed E-state index contributed by atoms with van der Waals surface area (Å²) < 4.78 is 0. The van der Waals surface area contributed by atoms with Crippen LogP contribution in [0.15, 0.2) is 12.1 Å². The van der Waals surface area contributed by atoms with E-state index >= 15 is 0 Å². The Hall–Kier alpha value is -2.11. The average molecular weight is 293 g/mol. The van der Waals surface area contributed by atoms with Gasteiger partial charge in [0, 0.05) is 12.2 Å². The molecular formula is C15H23N3O3. The molecule has 1 amide bonds. The highest BCUT2D eigenvalue weighted by Gasteiger charge is 2.14. The quantitative estimate of drug-likeness (QED) is 0.682. The van der Waals surface area contributed by atoms with E-state index in [-0.39, 0.29) is 11.5 Å². The number of aromatic nitrogens is 1. The number of hydrogen-bond acceptors (Lipinski definition) is 4. The van der Waals surface area contributed by atoms with Gasteiger partial charge in [-0.2, -0.15) is 0 Å². The third-order valence-electron chi connectivity index (χ3n) is 2.94. The number of hydrogen-bond donors (Lipinski definition) is 3. The first-order chi connectivity index (χ1) is 9.97. The number of nitrogens with zero attached hydrogens (tertiary/aromatic N) is 1. The predicted molar refractivity (Wildman–Crippen MR) is 81.6 cm³/mol. The fourth-order valence-corrected chi connectivity index (χ4v) is 1.86. The molecule has 0 radical (unpaired) electrons. The molecule has 0 aliphatic heterocycles. The minimum absolute atomic E-state index is 0.128. The molecule has 116 valence electrons. The minimum atomic E-state index is -0.999. The molecule has 0 fully saturated rings. The van der Waals surface area contributed by atoms with Gasteiger partial charge in [-0.3, -0.25) is 4.79 Å². The molecule has 6 nitrogen and oxygen atoms in total. The van der Waals surface area contributed by atoms with Gasteiger partial charge in [0.2, 0.25) is 5.91 Å². The number of pyridine rings is 1. The molecule has 0 saturated heterocycles. The van der Waals surface area contributed by atoms with E-state index in [1.165, 1.54) is 6.07 Å². The molecule has 1 aromatic rings. The van der Waals surface area contributed by atoms with Gasteiger partial charge in [0.15, 0.2) is 0 Å². The lowest BCUT2D eigenvalue weighted by Gasteiger charge is -2.15. The lowest BCUT2D eigenvalue weighted by Crippen LogP contribution is -2.38. The summed E-state index contributed by atoms with van der Waals surface area (Å²) in [5, 5.41) is 14.9. The van der Waals surface area contributed by atoms with E-state index in [9.17, 15) is 9.59 Å². The molecule has 0 aromatic carbocycles. The Morgan fingerprint density at radius 3 is 2.57 bits per heavy atom. The summed E-state index contributed by atoms with van der Waals surface area (Å²) in [6.07, 6.45) is 2.44. The molecule has 6 heteroatoms. The number of aromatic carboxylic acids is 1. The van der Waals surface area contributed by atoms with E-state index in [0.717, 1.165) is 12.8 Å². The van der Waals surface area contributed by atoms with Gasteiger partial charge >= 0.3 is 5.97 Å². The van der Waals surface area contributed by atoms with Crippen LogP contribution in [0.2, 0.25) is 0 Å². The molecule has 1 unspecified atom stereocenters. The number of nitrogens with one attached hydrogen (secondary N) is 2. The second-order valence-corrected chi connectivity index (χ2v) is 4.94. The van der Waals surface area contributed by atoms with Crippen molar-refractivity contribution in [3.05, 3.63) is 23.4 Å². The number of amides is 1. The van der Waals surface area contributed by atoms with Gasteiger partial charge in [0.1, 0.15) is 11.9 Å². The fourth-order valence-electron chi connectivity index (χ4n) is 1.86. The summed E-state index contributed by atoms with van der Waals surface area (Å²) in [6.45, 7) is 6.32. The van der Waals surface area contributed by atoms with Crippen molar-refractivity contribution in [3.63, 3.8) is 0 Å². The van der Waals surface area contributed by atoms with E-state index in [2.05, 4.69) is 15.6 Å². The Bertz CT molecular complexity index is 503. The summed E-state index contributed by atoms with van der Waals surface area (Å²) in [6, 6.07) is 2.55. The first-order valence-electron chi connectivity index (χ1n) is 7.26. The molecule has 1 aromatic heterocycles. The van der Waals surface area contributed by atoms with Crippen LogP contribution in [0.4, 0.5) is 5.82 Å². The maximum Gasteiger partial charge on any atom is 0.335 e. The first kappa shape index (κ1) is 16.9. The van der Waals surface area contributed by atoms with Gasteiger partial charge in [-0.05, 0) is 31.9 Å². The molecular weight excluding hydrogens is 270 g/mol. The van der Waals surface area contributed by atoms with Gasteiger partial charge in [-0.25, -0.2) is 9.78 Å². The molecule has 21 heavy (non-hydrogen) atoms. The van der Waals surface area contributed by atoms with Gasteiger partial charge in [-0.15, -0.1) is 0 Å². The lowest BCUT2D eigenvalue weighted by atomic mass is 10.1. The van der Waals surface area contributed by atoms with Crippen LogP contribution in [0.5, 0.6) is 0 Å². The number of aryl methyl sites for hydroxylation is 1. The highest BCUT2D eigenvalue weighted by Crippen LogP contribution is 2.13. The summed E-state index contributed by atoms with van der Waals surface area (Å²) in [5.74, 6) is -0.713. The van der Waals surface area contributed by atoms with Crippen molar-refractivity contribution < 1.29 is 14.7 Å². The SMILES string of the molecule is CCCNC(=O)C(C)Nc1cc(C(=O)O)cc(CCC)n1. The fraction of sp³-hybridized carbons (Fsp3) is 0.533. The Morgan fingerprint density at radius 1 is 1.29 bits per heavy atom. The van der Waals surface area contributed by atoms with Crippen molar-refractivity contribution in [1.29, 1.82) is 0 Å². The zero-order chi connectivity index (χ0) is 15.8. The van der Waals surface area contributed by atoms with Crippen LogP contribution in [0.1, 0.15) is 49.7 Å². The molecule has 1 rings (SSSR count). The van der Waals surface area contributed by atoms with Crippen LogP contribution in [0.25, 0.3) is 0 Å². The van der Waals surface area contributed by atoms with Crippen molar-refractivity contribution in [2.24, 2.45) is 0 Å². The molecule has 0 bridgehead atoms. The van der Waals surface area contributed by atoms with Gasteiger partial charge < -0.3 is 15.7 Å². The second-order valence-electron chi connectivity index (χ2n) is 4.94. The zero-order valence-corrected chi connectivity index (χ0v) is 12.8. The maximum absolute atomic E-state index is 11.8. The van der Waals surface area contributed by atoms with Crippen LogP contribution >= 0.6 is 0 Å². The van der Waals surface area contributed by atoms with Crippen molar-refractivity contribution in [1.82, 2.24) is 10.3 Å². The van der Waals surface area contributed by atoms with Gasteiger partial charge in [0.25, 0.3) is 0 Å². The monoisotopic (exact) mass is 293 g/mol. The Labute approximate surface area is 125 Å². The van der Waals surface area contributed by atoms with Crippen molar-refractivity contribution in [2.75, 3.05) is 11.9 Å². The number of carboxylic acid groups (broad SMARTS) is 1. The van der Waals surface area contributed by atoms with Crippen molar-refractivity contribution in [2.45, 2.75) is 46.1 Å². The molecule has 0 saturated carbocycles. The average Bonchev–Trinajstić information content (AvgIpc) is 2.44. The normalized spacial score (nSPS) is 11.8. The van der Waals surface area contributed by atoms with E-state index in [0.29, 0.717) is 24.5 Å². The van der Waals surface area contributed by atoms with E-state index in [1.807, 2.05) is 13.8 Å². The van der Waals surface area contributed by atoms with Gasteiger partial charge in [-0.1, -0.05) is 20.3 Å². The van der Waals surface area contributed by atoms with Crippen molar-refractivity contribution in [3.8, 4) is 0 Å². The second kappa shape index (κ2) is 8.24. The standard InChI is InChI=1S/C15H23N3O3/c1-4-6-12-8-11(15(20)21)9-13(18-12)17-10(3)14(19)16-7-5-2/h8-10H,4-7H2,1-3H3,(H,16,19)(H,17,18)(H,20,21). The first-order valence-corrected chi connectivity index (χ1v) is 7.26. The van der Waals surface area contributed by atoms with Crippen LogP contribution in [0.3, 0.4) is 0 Å². The molecule has 0 aliphatic rings. The highest BCUT2D eigenvalue weighted by atomic mass is 16.4. The number of carbonyl (C=O) groups excluding carboxylic acids is 1. The lowest BCUT2D eigenvalue weighted by molar-refractivity contribution is -0.121. The summed E-state index contributed by atoms with van der Waals surface area (Å²) in [5.41, 5.74) is 0.887. The smallest absolute Gasteiger partial charge is 0.335 e. The summed E-state index contributed by atoms with van der Waals surface area (Å²) in [4.78, 5) is 27.3. The predicted octanol–water partition coefficient (Wildman–Crippen LogP) is 2.06. The third-order valence-corrected chi connectivity index (χ3v) is 2.94. The molecule has 1 heterocycles. The van der Waals surface area contributed by atoms with Crippen molar-refractivity contribution >= 4 is 17.7 Å². The van der Waals surface area contributed by atoms with Crippen LogP contribution in [-0.2, 0) is 11.2 Å². The Kier molecular flexibility index (Phi) is 6.65. The number of anilines is 1. The molecule has 0 spiro atoms. The van der Waals surface area contributed by atoms with Crippen LogP contribution in [-0.4, -0.2) is 34.6 Å². The number of rotatable bonds is 8. The summed E-state index contributed by atoms with van der Waals surface area (Å²) >= 11 is 0. The topological polar surface area (TPSA) is 91.3 Å². The zero-order valence-electron chi connectivity index (χ0n) is 12.8. The molecule has 1 atom stereocenters. The largest absolute Gasteiger partial charge is 0.478 e. The van der Waals surface area contributed by atoms with Crippen LogP contribution < -0.4 is 10.6 Å². The Balaban J connectivity index is 2.85. The summed E-state index contributed by atoms with van der Waals surface area (Å²) in [7, 11) is 0. The Morgan fingerprint density at radius 2 is 2.00 bits per heavy atom. The van der Waals surface area contributed by atoms with Gasteiger partial charge in [0.05, 0.1) is 5.56 Å². The van der Waals surface area contributed by atoms with E-state index < -0.39 is 12.0 Å². The molecule has 3 N–H and O–H groups in total.